The van der Waals surface area contributed by atoms with Gasteiger partial charge in [-0.2, -0.15) is 0 Å². The van der Waals surface area contributed by atoms with Crippen LogP contribution in [0, 0.1) is 16.0 Å². The molecule has 1 unspecified atom stereocenters. The van der Waals surface area contributed by atoms with Crippen molar-refractivity contribution in [3.8, 4) is 0 Å². The van der Waals surface area contributed by atoms with Crippen molar-refractivity contribution in [1.29, 1.82) is 0 Å². The Kier molecular flexibility index (Phi) is 5.81. The summed E-state index contributed by atoms with van der Waals surface area (Å²) in [5, 5.41) is 13.5. The van der Waals surface area contributed by atoms with E-state index in [-0.39, 0.29) is 18.8 Å². The predicted molar refractivity (Wildman–Crippen MR) is 82.4 cm³/mol. The van der Waals surface area contributed by atoms with Gasteiger partial charge < -0.3 is 11.1 Å². The van der Waals surface area contributed by atoms with Gasteiger partial charge in [0, 0.05) is 24.2 Å². The summed E-state index contributed by atoms with van der Waals surface area (Å²) in [6, 6.07) is 2.18. The number of amides is 1. The third-order valence-electron chi connectivity index (χ3n) is 3.24. The van der Waals surface area contributed by atoms with Gasteiger partial charge in [0.1, 0.15) is 6.54 Å². The second kappa shape index (κ2) is 7.17. The maximum atomic E-state index is 12.1. The molecule has 1 aromatic rings. The fourth-order valence-electron chi connectivity index (χ4n) is 2.37. The summed E-state index contributed by atoms with van der Waals surface area (Å²) in [6.07, 6.45) is 1.75. The number of pyridine rings is 1. The third-order valence-corrected chi connectivity index (χ3v) is 3.24. The van der Waals surface area contributed by atoms with Crippen molar-refractivity contribution in [3.05, 3.63) is 38.8 Å². The molecule has 0 spiro atoms. The minimum absolute atomic E-state index is 0.240. The van der Waals surface area contributed by atoms with Crippen LogP contribution in [0.2, 0.25) is 0 Å². The maximum absolute atomic E-state index is 12.1. The molecular weight excluding hydrogens is 288 g/mol. The third kappa shape index (κ3) is 4.96. The van der Waals surface area contributed by atoms with Gasteiger partial charge in [-0.3, -0.25) is 24.3 Å². The van der Waals surface area contributed by atoms with Gasteiger partial charge in [-0.05, 0) is 19.3 Å². The average Bonchev–Trinajstić information content (AvgIpc) is 2.39. The van der Waals surface area contributed by atoms with Crippen molar-refractivity contribution in [1.82, 2.24) is 9.88 Å². The van der Waals surface area contributed by atoms with Gasteiger partial charge in [0.2, 0.25) is 5.91 Å². The van der Waals surface area contributed by atoms with Gasteiger partial charge in [-0.15, -0.1) is 0 Å². The molecule has 0 bridgehead atoms. The number of carbonyl (C=O) groups excluding carboxylic acids is 1. The number of nitrogens with one attached hydrogen (secondary N) is 1. The van der Waals surface area contributed by atoms with Crippen LogP contribution in [0.1, 0.15) is 27.2 Å². The predicted octanol–water partition coefficient (Wildman–Crippen LogP) is 0.636. The molecule has 1 rings (SSSR count). The molecule has 8 heteroatoms. The van der Waals surface area contributed by atoms with Crippen LogP contribution in [0.5, 0.6) is 0 Å². The van der Waals surface area contributed by atoms with E-state index < -0.39 is 21.9 Å². The second-order valence-electron chi connectivity index (χ2n) is 6.02. The maximum Gasteiger partial charge on any atom is 0.285 e. The van der Waals surface area contributed by atoms with Crippen molar-refractivity contribution < 1.29 is 9.72 Å². The van der Waals surface area contributed by atoms with Crippen LogP contribution < -0.4 is 16.6 Å². The molecule has 122 valence electrons. The number of nitrogens with two attached hydrogens (primary N) is 1. The Bertz CT molecular complexity index is 611. The molecule has 0 aliphatic carbocycles. The molecule has 0 aliphatic rings. The first-order valence-electron chi connectivity index (χ1n) is 7.03. The lowest BCUT2D eigenvalue weighted by Crippen LogP contribution is -2.53. The van der Waals surface area contributed by atoms with E-state index in [1.807, 2.05) is 20.8 Å². The highest BCUT2D eigenvalue weighted by Gasteiger charge is 2.26. The van der Waals surface area contributed by atoms with Crippen LogP contribution in [-0.4, -0.2) is 27.5 Å². The van der Waals surface area contributed by atoms with E-state index in [1.165, 1.54) is 0 Å². The van der Waals surface area contributed by atoms with Crippen molar-refractivity contribution >= 4 is 11.6 Å². The molecule has 0 saturated carbocycles. The van der Waals surface area contributed by atoms with Gasteiger partial charge in [0.25, 0.3) is 11.2 Å². The van der Waals surface area contributed by atoms with E-state index in [0.717, 1.165) is 22.9 Å². The van der Waals surface area contributed by atoms with E-state index >= 15 is 0 Å². The average molecular weight is 310 g/mol. The van der Waals surface area contributed by atoms with Crippen LogP contribution in [0.25, 0.3) is 0 Å². The summed E-state index contributed by atoms with van der Waals surface area (Å²) in [5.74, 6) is -0.0643. The molecule has 3 N–H and O–H groups in total. The Morgan fingerprint density at radius 2 is 2.14 bits per heavy atom. The van der Waals surface area contributed by atoms with E-state index in [2.05, 4.69) is 5.32 Å². The number of aromatic nitrogens is 1. The van der Waals surface area contributed by atoms with Crippen LogP contribution in [0.15, 0.2) is 23.1 Å². The van der Waals surface area contributed by atoms with Crippen LogP contribution in [0.3, 0.4) is 0 Å². The largest absolute Gasteiger partial charge is 0.348 e. The Morgan fingerprint density at radius 3 is 2.64 bits per heavy atom. The highest BCUT2D eigenvalue weighted by Crippen LogP contribution is 2.15. The molecule has 1 heterocycles. The Morgan fingerprint density at radius 1 is 1.50 bits per heavy atom. The summed E-state index contributed by atoms with van der Waals surface area (Å²) in [4.78, 5) is 33.9. The Balaban J connectivity index is 2.86. The summed E-state index contributed by atoms with van der Waals surface area (Å²) in [5.41, 5.74) is 4.43. The lowest BCUT2D eigenvalue weighted by Gasteiger charge is -2.31. The Labute approximate surface area is 128 Å². The topological polar surface area (TPSA) is 120 Å². The number of rotatable bonds is 7. The second-order valence-corrected chi connectivity index (χ2v) is 6.02. The quantitative estimate of drug-likeness (QED) is 0.565. The van der Waals surface area contributed by atoms with E-state index in [0.29, 0.717) is 12.3 Å². The fourth-order valence-corrected chi connectivity index (χ4v) is 2.37. The molecular formula is C14H22N4O4. The molecule has 0 aliphatic heterocycles. The summed E-state index contributed by atoms with van der Waals surface area (Å²) in [6.45, 7) is 5.85. The number of nitro groups is 1. The zero-order chi connectivity index (χ0) is 16.9. The zero-order valence-corrected chi connectivity index (χ0v) is 13.0. The molecule has 0 radical (unpaired) electrons. The number of nitrogens with zero attached hydrogens (tertiary/aromatic N) is 2. The minimum atomic E-state index is -0.614. The van der Waals surface area contributed by atoms with Crippen LogP contribution in [-0.2, 0) is 11.3 Å². The van der Waals surface area contributed by atoms with Crippen molar-refractivity contribution in [2.75, 3.05) is 6.54 Å². The van der Waals surface area contributed by atoms with Gasteiger partial charge in [0.05, 0.1) is 11.1 Å². The highest BCUT2D eigenvalue weighted by molar-refractivity contribution is 5.76. The van der Waals surface area contributed by atoms with Crippen molar-refractivity contribution in [2.24, 2.45) is 11.7 Å². The molecule has 1 aromatic heterocycles. The van der Waals surface area contributed by atoms with E-state index in [9.17, 15) is 19.7 Å². The standard InChI is InChI=1S/C14H22N4O4/c1-10(2)6-14(3,9-15)16-12(19)8-17-7-11(18(21)22)4-5-13(17)20/h4-5,7,10H,6,8-9,15H2,1-3H3,(H,16,19). The van der Waals surface area contributed by atoms with Gasteiger partial charge >= 0.3 is 0 Å². The fraction of sp³-hybridized carbons (Fsp3) is 0.571. The first kappa shape index (κ1) is 17.8. The van der Waals surface area contributed by atoms with Crippen molar-refractivity contribution in [3.63, 3.8) is 0 Å². The first-order chi connectivity index (χ1) is 10.2. The smallest absolute Gasteiger partial charge is 0.285 e. The van der Waals surface area contributed by atoms with Crippen LogP contribution in [0.4, 0.5) is 5.69 Å². The number of hydrogen-bond donors (Lipinski definition) is 2. The monoisotopic (exact) mass is 310 g/mol. The van der Waals surface area contributed by atoms with Gasteiger partial charge in [0.15, 0.2) is 0 Å². The zero-order valence-electron chi connectivity index (χ0n) is 13.0. The lowest BCUT2D eigenvalue weighted by atomic mass is 9.91. The molecule has 8 nitrogen and oxygen atoms in total. The Hall–Kier alpha value is -2.22. The normalized spacial score (nSPS) is 13.7. The SMILES string of the molecule is CC(C)CC(C)(CN)NC(=O)Cn1cc([N+](=O)[O-])ccc1=O. The summed E-state index contributed by atoms with van der Waals surface area (Å²) < 4.78 is 1.01. The van der Waals surface area contributed by atoms with E-state index in [1.54, 1.807) is 0 Å². The summed E-state index contributed by atoms with van der Waals surface area (Å²) in [7, 11) is 0. The number of carbonyl (C=O) groups is 1. The number of hydrogen-bond acceptors (Lipinski definition) is 5. The molecule has 22 heavy (non-hydrogen) atoms. The first-order valence-corrected chi connectivity index (χ1v) is 7.03. The summed E-state index contributed by atoms with van der Waals surface area (Å²) >= 11 is 0. The van der Waals surface area contributed by atoms with Crippen molar-refractivity contribution in [2.45, 2.75) is 39.3 Å². The molecule has 0 fully saturated rings. The van der Waals surface area contributed by atoms with E-state index in [4.69, 9.17) is 5.73 Å². The van der Waals surface area contributed by atoms with Gasteiger partial charge in [-0.25, -0.2) is 0 Å². The molecule has 1 atom stereocenters. The molecule has 0 saturated heterocycles. The lowest BCUT2D eigenvalue weighted by molar-refractivity contribution is -0.385. The van der Waals surface area contributed by atoms with Crippen LogP contribution >= 0.6 is 0 Å². The molecule has 1 amide bonds. The minimum Gasteiger partial charge on any atom is -0.348 e. The van der Waals surface area contributed by atoms with Gasteiger partial charge in [-0.1, -0.05) is 13.8 Å². The molecule has 0 aromatic carbocycles. The highest BCUT2D eigenvalue weighted by atomic mass is 16.6.